The summed E-state index contributed by atoms with van der Waals surface area (Å²) in [7, 11) is -2.95. The quantitative estimate of drug-likeness (QED) is 0.123. The van der Waals surface area contributed by atoms with Crippen molar-refractivity contribution in [3.05, 3.63) is 144 Å². The largest absolute Gasteiger partial charge is 0.360 e. The lowest BCUT2D eigenvalue weighted by molar-refractivity contribution is 0.167. The van der Waals surface area contributed by atoms with E-state index in [0.717, 1.165) is 0 Å². The highest BCUT2D eigenvalue weighted by Gasteiger charge is 2.57. The summed E-state index contributed by atoms with van der Waals surface area (Å²) in [6.45, 7) is 23.1. The molecule has 5 aliphatic rings. The van der Waals surface area contributed by atoms with Crippen LogP contribution in [0.1, 0.15) is 78.6 Å². The third-order valence-electron chi connectivity index (χ3n) is 17.2. The SMILES string of the molecule is CC1CCCCC1(C)C1=C(Nc2c3ccc(-c4ccccc4)cc3c(N3C4C=CC([Si](C)(C)C)=CC4C4(C)CCCCC34)c3cc(-c4ccccc4)ccc23)C=CC([Si](C)(C)C)C1. The Morgan fingerprint density at radius 2 is 1.24 bits per heavy atom. The maximum absolute atomic E-state index is 4.38. The van der Waals surface area contributed by atoms with E-state index >= 15 is 0 Å². The van der Waals surface area contributed by atoms with Gasteiger partial charge >= 0.3 is 0 Å². The molecule has 3 fully saturated rings. The van der Waals surface area contributed by atoms with Gasteiger partial charge in [-0.05, 0) is 100 Å². The van der Waals surface area contributed by atoms with Crippen LogP contribution in [0.25, 0.3) is 43.8 Å². The van der Waals surface area contributed by atoms with E-state index in [1.807, 2.05) is 0 Å². The zero-order valence-electron chi connectivity index (χ0n) is 39.8. The van der Waals surface area contributed by atoms with E-state index < -0.39 is 16.1 Å². The van der Waals surface area contributed by atoms with Gasteiger partial charge in [0, 0.05) is 39.2 Å². The molecule has 2 saturated carbocycles. The number of hydrogen-bond donors (Lipinski definition) is 1. The number of nitrogens with one attached hydrogen (secondary N) is 1. The van der Waals surface area contributed by atoms with Gasteiger partial charge < -0.3 is 10.2 Å². The second kappa shape index (κ2) is 15.9. The molecule has 4 heteroatoms. The highest BCUT2D eigenvalue weighted by molar-refractivity contribution is 6.83. The average Bonchev–Trinajstić information content (AvgIpc) is 3.54. The number of benzene rings is 5. The van der Waals surface area contributed by atoms with Crippen molar-refractivity contribution in [1.82, 2.24) is 0 Å². The molecule has 1 saturated heterocycles. The molecular formula is C59H72N2Si2. The minimum absolute atomic E-state index is 0.182. The molecular weight excluding hydrogens is 793 g/mol. The third-order valence-corrected chi connectivity index (χ3v) is 21.9. The van der Waals surface area contributed by atoms with Crippen LogP contribution in [0.2, 0.25) is 44.8 Å². The van der Waals surface area contributed by atoms with Gasteiger partial charge in [-0.1, -0.05) is 200 Å². The van der Waals surface area contributed by atoms with Crippen LogP contribution >= 0.6 is 0 Å². The molecule has 7 atom stereocenters. The highest BCUT2D eigenvalue weighted by atomic mass is 28.3. The van der Waals surface area contributed by atoms with Crippen LogP contribution in [0.4, 0.5) is 11.4 Å². The van der Waals surface area contributed by atoms with Crippen molar-refractivity contribution in [2.45, 2.75) is 135 Å². The first kappa shape index (κ1) is 42.6. The summed E-state index contributed by atoms with van der Waals surface area (Å²) < 4.78 is 0. The predicted molar refractivity (Wildman–Crippen MR) is 280 cm³/mol. The van der Waals surface area contributed by atoms with Gasteiger partial charge in [0.25, 0.3) is 0 Å². The molecule has 1 N–H and O–H groups in total. The third kappa shape index (κ3) is 7.36. The second-order valence-corrected chi connectivity index (χ2v) is 33.6. The van der Waals surface area contributed by atoms with Gasteiger partial charge in [0.05, 0.1) is 33.6 Å². The van der Waals surface area contributed by atoms with E-state index in [1.54, 1.807) is 10.8 Å². The van der Waals surface area contributed by atoms with E-state index in [2.05, 4.69) is 198 Å². The number of nitrogens with zero attached hydrogens (tertiary/aromatic N) is 1. The summed E-state index contributed by atoms with van der Waals surface area (Å²) in [5.74, 6) is 1.15. The summed E-state index contributed by atoms with van der Waals surface area (Å²) in [5, 5.41) is 11.4. The first-order valence-corrected chi connectivity index (χ1v) is 31.7. The normalized spacial score (nSPS) is 28.6. The molecule has 7 unspecified atom stereocenters. The van der Waals surface area contributed by atoms with E-state index in [0.29, 0.717) is 29.5 Å². The molecule has 5 aromatic carbocycles. The van der Waals surface area contributed by atoms with E-state index in [-0.39, 0.29) is 10.8 Å². The van der Waals surface area contributed by atoms with E-state index in [4.69, 9.17) is 0 Å². The maximum Gasteiger partial charge on any atom is 0.0771 e. The molecule has 1 aliphatic heterocycles. The number of anilines is 2. The van der Waals surface area contributed by atoms with Crippen LogP contribution < -0.4 is 10.2 Å². The molecule has 63 heavy (non-hydrogen) atoms. The Morgan fingerprint density at radius 1 is 0.635 bits per heavy atom. The van der Waals surface area contributed by atoms with Crippen LogP contribution in [0.5, 0.6) is 0 Å². The topological polar surface area (TPSA) is 15.3 Å². The summed E-state index contributed by atoms with van der Waals surface area (Å²) in [6.07, 6.45) is 24.7. The van der Waals surface area contributed by atoms with Gasteiger partial charge in [0.15, 0.2) is 0 Å². The van der Waals surface area contributed by atoms with Crippen molar-refractivity contribution in [3.63, 3.8) is 0 Å². The summed E-state index contributed by atoms with van der Waals surface area (Å²) in [4.78, 5) is 2.99. The number of hydrogen-bond acceptors (Lipinski definition) is 2. The van der Waals surface area contributed by atoms with Crippen LogP contribution in [-0.2, 0) is 0 Å². The molecule has 0 bridgehead atoms. The van der Waals surface area contributed by atoms with Crippen molar-refractivity contribution in [2.75, 3.05) is 10.2 Å². The van der Waals surface area contributed by atoms with Crippen LogP contribution in [0, 0.1) is 22.7 Å². The summed E-state index contributed by atoms with van der Waals surface area (Å²) in [5.41, 5.74) is 11.9. The Labute approximate surface area is 381 Å². The molecule has 5 aromatic rings. The summed E-state index contributed by atoms with van der Waals surface area (Å²) >= 11 is 0. The average molecular weight is 865 g/mol. The van der Waals surface area contributed by atoms with Gasteiger partial charge in [0.2, 0.25) is 0 Å². The highest BCUT2D eigenvalue weighted by Crippen LogP contribution is 2.60. The molecule has 0 aromatic heterocycles. The van der Waals surface area contributed by atoms with Crippen molar-refractivity contribution >= 4 is 49.1 Å². The van der Waals surface area contributed by atoms with Gasteiger partial charge in [-0.3, -0.25) is 0 Å². The van der Waals surface area contributed by atoms with Gasteiger partial charge in [0.1, 0.15) is 0 Å². The first-order chi connectivity index (χ1) is 30.1. The summed E-state index contributed by atoms with van der Waals surface area (Å²) in [6, 6.07) is 37.9. The fourth-order valence-corrected chi connectivity index (χ4v) is 15.8. The Morgan fingerprint density at radius 3 is 1.83 bits per heavy atom. The lowest BCUT2D eigenvalue weighted by atomic mass is 9.62. The lowest BCUT2D eigenvalue weighted by Gasteiger charge is -2.46. The number of rotatable bonds is 8. The molecule has 0 radical (unpaired) electrons. The first-order valence-electron chi connectivity index (χ1n) is 24.7. The molecule has 2 nitrogen and oxygen atoms in total. The lowest BCUT2D eigenvalue weighted by Crippen LogP contribution is -2.42. The van der Waals surface area contributed by atoms with Gasteiger partial charge in [-0.25, -0.2) is 0 Å². The predicted octanol–water partition coefficient (Wildman–Crippen LogP) is 17.0. The van der Waals surface area contributed by atoms with Crippen molar-refractivity contribution in [2.24, 2.45) is 22.7 Å². The van der Waals surface area contributed by atoms with E-state index in [9.17, 15) is 0 Å². The Balaban J connectivity index is 1.27. The minimum Gasteiger partial charge on any atom is -0.360 e. The number of fused-ring (bicyclic) bond motifs is 5. The monoisotopic (exact) mass is 865 g/mol. The zero-order valence-corrected chi connectivity index (χ0v) is 41.8. The van der Waals surface area contributed by atoms with Crippen molar-refractivity contribution in [3.8, 4) is 22.3 Å². The van der Waals surface area contributed by atoms with Gasteiger partial charge in [-0.2, -0.15) is 0 Å². The fraction of sp³-hybridized carbons (Fsp3) is 0.424. The van der Waals surface area contributed by atoms with Crippen molar-refractivity contribution in [1.29, 1.82) is 0 Å². The molecule has 0 spiro atoms. The smallest absolute Gasteiger partial charge is 0.0771 e. The Bertz CT molecular complexity index is 2570. The van der Waals surface area contributed by atoms with Crippen molar-refractivity contribution < 1.29 is 0 Å². The maximum atomic E-state index is 4.38. The molecule has 4 aliphatic carbocycles. The Kier molecular flexibility index (Phi) is 10.8. The minimum atomic E-state index is -1.52. The van der Waals surface area contributed by atoms with Gasteiger partial charge in [-0.15, -0.1) is 0 Å². The Hall–Kier alpha value is -4.39. The zero-order chi connectivity index (χ0) is 43.9. The van der Waals surface area contributed by atoms with E-state index in [1.165, 1.54) is 119 Å². The molecule has 1 heterocycles. The second-order valence-electron chi connectivity index (χ2n) is 23.0. The molecule has 10 rings (SSSR count). The van der Waals surface area contributed by atoms with Crippen LogP contribution in [-0.4, -0.2) is 28.2 Å². The molecule has 326 valence electrons. The van der Waals surface area contributed by atoms with Crippen LogP contribution in [0.15, 0.2) is 144 Å². The van der Waals surface area contributed by atoms with Crippen LogP contribution in [0.3, 0.4) is 0 Å². The molecule has 0 amide bonds. The standard InChI is InChI=1S/C59H72N2Si2/c1-40-20-16-18-34-58(40,2)51-38-45(62(4,5)6)28-32-53(51)60-56-47-30-26-43(41-21-12-10-13-22-41)36-49(47)57(50-37-44(27-31-48(50)56)42-23-14-11-15-24-42)61-54-33-29-46(63(7,8)9)39-52(54)59(3)35-19-17-25-55(59)61/h10-15,21-24,26-33,36-37,39-40,45,52,54-55,60H,16-20,25,34-35,38H2,1-9H3. The number of allylic oxidation sites excluding steroid dienone is 5. The fourth-order valence-electron chi connectivity index (χ4n) is 13.0.